The summed E-state index contributed by atoms with van der Waals surface area (Å²) in [6.07, 6.45) is 1.43. The van der Waals surface area contributed by atoms with Gasteiger partial charge in [0.1, 0.15) is 11.6 Å². The molecule has 0 aliphatic carbocycles. The SMILES string of the molecule is CCc1ccc(C2=NN3[C@@H](c4ccc(F)cc4)Oc4ccc(Br)cc4[C@@H]3C2)cc1. The molecule has 3 aromatic carbocycles. The number of aryl methyl sites for hydroxylation is 1. The molecule has 5 rings (SSSR count). The Bertz CT molecular complexity index is 1080. The van der Waals surface area contributed by atoms with Crippen LogP contribution < -0.4 is 4.74 Å². The first-order valence-electron chi connectivity index (χ1n) is 9.79. The second-order valence-corrected chi connectivity index (χ2v) is 8.32. The Kier molecular flexibility index (Phi) is 4.63. The molecular formula is C24H20BrFN2O. The highest BCUT2D eigenvalue weighted by molar-refractivity contribution is 9.10. The Balaban J connectivity index is 1.57. The Morgan fingerprint density at radius 1 is 1.07 bits per heavy atom. The van der Waals surface area contributed by atoms with E-state index in [-0.39, 0.29) is 18.1 Å². The van der Waals surface area contributed by atoms with Gasteiger partial charge in [0.15, 0.2) is 0 Å². The van der Waals surface area contributed by atoms with Crippen LogP contribution in [0.4, 0.5) is 4.39 Å². The van der Waals surface area contributed by atoms with E-state index in [1.54, 1.807) is 12.1 Å². The van der Waals surface area contributed by atoms with Crippen molar-refractivity contribution in [3.05, 3.63) is 99.3 Å². The van der Waals surface area contributed by atoms with E-state index in [1.807, 2.05) is 17.1 Å². The highest BCUT2D eigenvalue weighted by Gasteiger charge is 2.41. The van der Waals surface area contributed by atoms with Gasteiger partial charge in [-0.25, -0.2) is 9.40 Å². The molecule has 2 heterocycles. The lowest BCUT2D eigenvalue weighted by molar-refractivity contribution is -0.0191. The van der Waals surface area contributed by atoms with Crippen LogP contribution in [0.1, 0.15) is 47.9 Å². The molecule has 29 heavy (non-hydrogen) atoms. The maximum absolute atomic E-state index is 13.5. The third kappa shape index (κ3) is 3.33. The van der Waals surface area contributed by atoms with Crippen molar-refractivity contribution in [1.29, 1.82) is 0 Å². The zero-order chi connectivity index (χ0) is 20.0. The van der Waals surface area contributed by atoms with Gasteiger partial charge in [0.25, 0.3) is 0 Å². The summed E-state index contributed by atoms with van der Waals surface area (Å²) in [5.74, 6) is 0.591. The monoisotopic (exact) mass is 450 g/mol. The van der Waals surface area contributed by atoms with E-state index < -0.39 is 0 Å². The smallest absolute Gasteiger partial charge is 0.213 e. The standard InChI is InChI=1S/C24H20BrFN2O/c1-2-15-3-5-16(6-4-15)21-14-22-20-13-18(25)9-12-23(20)29-24(28(22)27-21)17-7-10-19(26)11-8-17/h3-13,22,24H,2,14H2,1H3/t22-,24+/m0/s1. The minimum atomic E-state index is -0.387. The number of ether oxygens (including phenoxy) is 1. The lowest BCUT2D eigenvalue weighted by Gasteiger charge is -2.38. The minimum absolute atomic E-state index is 0.0761. The number of hydrazone groups is 1. The zero-order valence-electron chi connectivity index (χ0n) is 16.0. The van der Waals surface area contributed by atoms with E-state index in [0.717, 1.165) is 45.5 Å². The summed E-state index contributed by atoms with van der Waals surface area (Å²) in [7, 11) is 0. The van der Waals surface area contributed by atoms with Crippen molar-refractivity contribution >= 4 is 21.6 Å². The van der Waals surface area contributed by atoms with Gasteiger partial charge in [-0.05, 0) is 47.9 Å². The summed E-state index contributed by atoms with van der Waals surface area (Å²) < 4.78 is 20.8. The van der Waals surface area contributed by atoms with Crippen LogP contribution in [0.25, 0.3) is 0 Å². The summed E-state index contributed by atoms with van der Waals surface area (Å²) >= 11 is 3.58. The maximum Gasteiger partial charge on any atom is 0.213 e. The molecule has 0 saturated carbocycles. The summed E-state index contributed by atoms with van der Waals surface area (Å²) in [5, 5.41) is 6.98. The van der Waals surface area contributed by atoms with Gasteiger partial charge in [0.05, 0.1) is 11.8 Å². The van der Waals surface area contributed by atoms with Crippen molar-refractivity contribution in [3.8, 4) is 5.75 Å². The summed E-state index contributed by atoms with van der Waals surface area (Å²) in [6, 6.07) is 21.2. The van der Waals surface area contributed by atoms with Crippen LogP contribution in [0, 0.1) is 5.82 Å². The van der Waals surface area contributed by atoms with E-state index in [1.165, 1.54) is 17.7 Å². The van der Waals surface area contributed by atoms with Crippen molar-refractivity contribution in [2.45, 2.75) is 32.0 Å². The first kappa shape index (κ1) is 18.4. The molecule has 0 radical (unpaired) electrons. The molecule has 2 aliphatic heterocycles. The number of nitrogens with zero attached hydrogens (tertiary/aromatic N) is 2. The fourth-order valence-electron chi connectivity index (χ4n) is 4.01. The molecule has 0 amide bonds. The van der Waals surface area contributed by atoms with Crippen LogP contribution in [-0.2, 0) is 6.42 Å². The van der Waals surface area contributed by atoms with Crippen molar-refractivity contribution in [2.75, 3.05) is 0 Å². The van der Waals surface area contributed by atoms with E-state index in [0.29, 0.717) is 0 Å². The zero-order valence-corrected chi connectivity index (χ0v) is 17.6. The van der Waals surface area contributed by atoms with Gasteiger partial charge in [-0.1, -0.05) is 59.3 Å². The van der Waals surface area contributed by atoms with Crippen LogP contribution in [-0.4, -0.2) is 10.7 Å². The first-order chi connectivity index (χ1) is 14.1. The Hall–Kier alpha value is -2.66. The average molecular weight is 451 g/mol. The molecule has 2 atom stereocenters. The molecule has 5 heteroatoms. The van der Waals surface area contributed by atoms with Gasteiger partial charge in [-0.2, -0.15) is 5.10 Å². The molecular weight excluding hydrogens is 431 g/mol. The van der Waals surface area contributed by atoms with E-state index >= 15 is 0 Å². The first-order valence-corrected chi connectivity index (χ1v) is 10.6. The van der Waals surface area contributed by atoms with Crippen molar-refractivity contribution in [3.63, 3.8) is 0 Å². The number of halogens is 2. The topological polar surface area (TPSA) is 24.8 Å². The second-order valence-electron chi connectivity index (χ2n) is 7.40. The lowest BCUT2D eigenvalue weighted by atomic mass is 9.95. The average Bonchev–Trinajstić information content (AvgIpc) is 3.20. The largest absolute Gasteiger partial charge is 0.464 e. The van der Waals surface area contributed by atoms with E-state index in [2.05, 4.69) is 53.2 Å². The highest BCUT2D eigenvalue weighted by Crippen LogP contribution is 2.48. The normalized spacial score (nSPS) is 20.0. The molecule has 0 aromatic heterocycles. The van der Waals surface area contributed by atoms with Crippen LogP contribution >= 0.6 is 15.9 Å². The molecule has 0 unspecified atom stereocenters. The molecule has 146 valence electrons. The number of fused-ring (bicyclic) bond motifs is 3. The minimum Gasteiger partial charge on any atom is -0.464 e. The molecule has 0 fully saturated rings. The summed E-state index contributed by atoms with van der Waals surface area (Å²) in [5.41, 5.74) is 5.48. The van der Waals surface area contributed by atoms with Crippen LogP contribution in [0.15, 0.2) is 76.3 Å². The number of benzene rings is 3. The molecule has 3 aromatic rings. The van der Waals surface area contributed by atoms with Gasteiger partial charge in [0.2, 0.25) is 6.23 Å². The fraction of sp³-hybridized carbons (Fsp3) is 0.208. The molecule has 3 nitrogen and oxygen atoms in total. The van der Waals surface area contributed by atoms with Gasteiger partial charge in [-0.15, -0.1) is 0 Å². The van der Waals surface area contributed by atoms with E-state index in [9.17, 15) is 4.39 Å². The lowest BCUT2D eigenvalue weighted by Crippen LogP contribution is -2.33. The number of hydrogen-bond donors (Lipinski definition) is 0. The second kappa shape index (κ2) is 7.30. The third-order valence-corrected chi connectivity index (χ3v) is 6.10. The highest BCUT2D eigenvalue weighted by atomic mass is 79.9. The van der Waals surface area contributed by atoms with Crippen LogP contribution in [0.5, 0.6) is 5.75 Å². The van der Waals surface area contributed by atoms with Crippen molar-refractivity contribution in [1.82, 2.24) is 5.01 Å². The summed E-state index contributed by atoms with van der Waals surface area (Å²) in [6.45, 7) is 2.15. The van der Waals surface area contributed by atoms with Gasteiger partial charge in [0, 0.05) is 22.0 Å². The van der Waals surface area contributed by atoms with Crippen molar-refractivity contribution in [2.24, 2.45) is 5.10 Å². The number of rotatable bonds is 3. The Labute approximate surface area is 177 Å². The number of hydrogen-bond acceptors (Lipinski definition) is 3. The van der Waals surface area contributed by atoms with Gasteiger partial charge in [-0.3, -0.25) is 0 Å². The molecule has 2 aliphatic rings. The van der Waals surface area contributed by atoms with Crippen LogP contribution in [0.3, 0.4) is 0 Å². The maximum atomic E-state index is 13.5. The quantitative estimate of drug-likeness (QED) is 0.461. The van der Waals surface area contributed by atoms with Gasteiger partial charge >= 0.3 is 0 Å². The molecule has 0 spiro atoms. The van der Waals surface area contributed by atoms with Gasteiger partial charge < -0.3 is 4.74 Å². The predicted octanol–water partition coefficient (Wildman–Crippen LogP) is 6.39. The third-order valence-electron chi connectivity index (χ3n) is 5.60. The predicted molar refractivity (Wildman–Crippen MR) is 115 cm³/mol. The van der Waals surface area contributed by atoms with Crippen molar-refractivity contribution < 1.29 is 9.13 Å². The molecule has 0 N–H and O–H groups in total. The van der Waals surface area contributed by atoms with Crippen LogP contribution in [0.2, 0.25) is 0 Å². The molecule has 0 bridgehead atoms. The molecule has 0 saturated heterocycles. The Morgan fingerprint density at radius 2 is 1.83 bits per heavy atom. The van der Waals surface area contributed by atoms with E-state index in [4.69, 9.17) is 9.84 Å². The summed E-state index contributed by atoms with van der Waals surface area (Å²) in [4.78, 5) is 0. The fourth-order valence-corrected chi connectivity index (χ4v) is 4.39. The Morgan fingerprint density at radius 3 is 2.55 bits per heavy atom.